The number of amides is 1. The van der Waals surface area contributed by atoms with Crippen molar-refractivity contribution in [1.29, 1.82) is 0 Å². The summed E-state index contributed by atoms with van der Waals surface area (Å²) in [5.41, 5.74) is 1.09. The van der Waals surface area contributed by atoms with E-state index in [2.05, 4.69) is 15.5 Å². The van der Waals surface area contributed by atoms with Gasteiger partial charge in [0.1, 0.15) is 6.33 Å². The summed E-state index contributed by atoms with van der Waals surface area (Å²) < 4.78 is 13.1. The molecule has 2 aromatic carbocycles. The van der Waals surface area contributed by atoms with E-state index >= 15 is 0 Å². The van der Waals surface area contributed by atoms with Gasteiger partial charge in [0.25, 0.3) is 5.91 Å². The van der Waals surface area contributed by atoms with Gasteiger partial charge in [-0.2, -0.15) is 0 Å². The van der Waals surface area contributed by atoms with Gasteiger partial charge < -0.3 is 19.4 Å². The van der Waals surface area contributed by atoms with Crippen LogP contribution in [0.1, 0.15) is 16.8 Å². The fourth-order valence-electron chi connectivity index (χ4n) is 2.64. The second-order valence-corrected chi connectivity index (χ2v) is 7.59. The van der Waals surface area contributed by atoms with Crippen LogP contribution in [0.2, 0.25) is 5.02 Å². The molecule has 1 aliphatic rings. The maximum Gasteiger partial charge on any atom is 0.255 e. The van der Waals surface area contributed by atoms with E-state index in [1.54, 1.807) is 18.5 Å². The smallest absolute Gasteiger partial charge is 0.255 e. The second kappa shape index (κ2) is 8.12. The fraction of sp³-hybridized carbons (Fsp3) is 0.211. The van der Waals surface area contributed by atoms with Gasteiger partial charge in [0.05, 0.1) is 18.2 Å². The van der Waals surface area contributed by atoms with Gasteiger partial charge in [0, 0.05) is 29.6 Å². The van der Waals surface area contributed by atoms with Crippen LogP contribution >= 0.6 is 23.4 Å². The number of hydrogen-bond donors (Lipinski definition) is 1. The lowest BCUT2D eigenvalue weighted by molar-refractivity contribution is 0.102. The monoisotopic (exact) mass is 416 g/mol. The molecule has 0 saturated heterocycles. The predicted octanol–water partition coefficient (Wildman–Crippen LogP) is 4.03. The number of fused-ring (bicyclic) bond motifs is 1. The van der Waals surface area contributed by atoms with E-state index in [0.29, 0.717) is 41.0 Å². The number of anilines is 1. The van der Waals surface area contributed by atoms with E-state index < -0.39 is 0 Å². The lowest BCUT2D eigenvalue weighted by Gasteiger charge is -2.12. The molecule has 144 valence electrons. The molecule has 9 heteroatoms. The van der Waals surface area contributed by atoms with Crippen molar-refractivity contribution in [1.82, 2.24) is 14.8 Å². The zero-order valence-corrected chi connectivity index (χ0v) is 16.6. The third-order valence-corrected chi connectivity index (χ3v) is 5.40. The Bertz CT molecular complexity index is 1010. The van der Waals surface area contributed by atoms with Crippen LogP contribution in [0.15, 0.2) is 52.8 Å². The van der Waals surface area contributed by atoms with E-state index in [-0.39, 0.29) is 5.91 Å². The summed E-state index contributed by atoms with van der Waals surface area (Å²) in [6.45, 7) is 1.07. The van der Waals surface area contributed by atoms with Gasteiger partial charge in [-0.15, -0.1) is 10.2 Å². The number of halogens is 1. The summed E-state index contributed by atoms with van der Waals surface area (Å²) in [5, 5.41) is 11.9. The maximum atomic E-state index is 12.6. The standard InChI is InChI=1S/C19H17ClN4O3S/c1-24-11-21-23-19(24)28-14-5-3-13(4-6-14)22-18(25)12-9-15(20)17-16(10-12)26-7-2-8-27-17/h3-6,9-11H,2,7-8H2,1H3,(H,22,25). The van der Waals surface area contributed by atoms with Crippen LogP contribution in [0, 0.1) is 0 Å². The van der Waals surface area contributed by atoms with E-state index in [1.807, 2.05) is 35.9 Å². The number of rotatable bonds is 4. The summed E-state index contributed by atoms with van der Waals surface area (Å²) in [6, 6.07) is 10.7. The van der Waals surface area contributed by atoms with Crippen LogP contribution in [0.3, 0.4) is 0 Å². The number of ether oxygens (including phenoxy) is 2. The van der Waals surface area contributed by atoms with Crippen molar-refractivity contribution in [2.45, 2.75) is 16.5 Å². The molecule has 1 aromatic heterocycles. The topological polar surface area (TPSA) is 78.3 Å². The van der Waals surface area contributed by atoms with E-state index in [9.17, 15) is 4.79 Å². The highest BCUT2D eigenvalue weighted by Gasteiger charge is 2.18. The number of carbonyl (C=O) groups excluding carboxylic acids is 1. The van der Waals surface area contributed by atoms with Crippen molar-refractivity contribution in [3.8, 4) is 11.5 Å². The quantitative estimate of drug-likeness (QED) is 0.691. The third-order valence-electron chi connectivity index (χ3n) is 4.06. The van der Waals surface area contributed by atoms with Gasteiger partial charge in [-0.1, -0.05) is 11.6 Å². The van der Waals surface area contributed by atoms with Gasteiger partial charge in [0.2, 0.25) is 0 Å². The molecule has 1 aliphatic heterocycles. The molecule has 7 nitrogen and oxygen atoms in total. The van der Waals surface area contributed by atoms with Crippen molar-refractivity contribution in [3.05, 3.63) is 53.3 Å². The Morgan fingerprint density at radius 2 is 2.00 bits per heavy atom. The Morgan fingerprint density at radius 3 is 2.75 bits per heavy atom. The van der Waals surface area contributed by atoms with Crippen LogP contribution in [0.4, 0.5) is 5.69 Å². The van der Waals surface area contributed by atoms with Gasteiger partial charge >= 0.3 is 0 Å². The summed E-state index contributed by atoms with van der Waals surface area (Å²) in [4.78, 5) is 13.6. The number of nitrogens with zero attached hydrogens (tertiary/aromatic N) is 3. The molecule has 1 N–H and O–H groups in total. The average Bonchev–Trinajstić information content (AvgIpc) is 2.94. The van der Waals surface area contributed by atoms with Gasteiger partial charge in [-0.25, -0.2) is 0 Å². The fourth-order valence-corrected chi connectivity index (χ4v) is 3.67. The molecule has 0 spiro atoms. The molecular formula is C19H17ClN4O3S. The zero-order valence-electron chi connectivity index (χ0n) is 15.0. The minimum Gasteiger partial charge on any atom is -0.489 e. The minimum atomic E-state index is -0.272. The van der Waals surface area contributed by atoms with E-state index in [0.717, 1.165) is 16.5 Å². The van der Waals surface area contributed by atoms with E-state index in [1.165, 1.54) is 11.8 Å². The highest BCUT2D eigenvalue weighted by molar-refractivity contribution is 7.99. The number of hydrogen-bond acceptors (Lipinski definition) is 6. The van der Waals surface area contributed by atoms with Crippen molar-refractivity contribution in [2.24, 2.45) is 7.05 Å². The highest BCUT2D eigenvalue weighted by atomic mass is 35.5. The van der Waals surface area contributed by atoms with Crippen LogP contribution in [0.25, 0.3) is 0 Å². The Morgan fingerprint density at radius 1 is 1.21 bits per heavy atom. The van der Waals surface area contributed by atoms with Gasteiger partial charge in [0.15, 0.2) is 16.7 Å². The lowest BCUT2D eigenvalue weighted by Crippen LogP contribution is -2.12. The lowest BCUT2D eigenvalue weighted by atomic mass is 10.1. The molecular weight excluding hydrogens is 400 g/mol. The molecule has 0 bridgehead atoms. The molecule has 0 atom stereocenters. The largest absolute Gasteiger partial charge is 0.489 e. The number of aromatic nitrogens is 3. The first-order chi connectivity index (χ1) is 13.6. The van der Waals surface area contributed by atoms with Crippen molar-refractivity contribution in [3.63, 3.8) is 0 Å². The third kappa shape index (κ3) is 4.07. The second-order valence-electron chi connectivity index (χ2n) is 6.14. The van der Waals surface area contributed by atoms with E-state index in [4.69, 9.17) is 21.1 Å². The Balaban J connectivity index is 1.47. The maximum absolute atomic E-state index is 12.6. The Kier molecular flexibility index (Phi) is 5.40. The van der Waals surface area contributed by atoms with Crippen molar-refractivity contribution in [2.75, 3.05) is 18.5 Å². The first-order valence-corrected chi connectivity index (χ1v) is 9.82. The SMILES string of the molecule is Cn1cnnc1Sc1ccc(NC(=O)c2cc(Cl)c3c(c2)OCCCO3)cc1. The van der Waals surface area contributed by atoms with Crippen LogP contribution in [-0.2, 0) is 7.05 Å². The molecule has 2 heterocycles. The molecule has 1 amide bonds. The number of benzene rings is 2. The molecule has 0 saturated carbocycles. The molecule has 4 rings (SSSR count). The van der Waals surface area contributed by atoms with Crippen molar-refractivity contribution < 1.29 is 14.3 Å². The summed E-state index contributed by atoms with van der Waals surface area (Å²) in [7, 11) is 1.89. The number of carbonyl (C=O) groups is 1. The summed E-state index contributed by atoms with van der Waals surface area (Å²) in [6.07, 6.45) is 2.42. The molecule has 0 fully saturated rings. The summed E-state index contributed by atoms with van der Waals surface area (Å²) in [5.74, 6) is 0.706. The normalized spacial score (nSPS) is 13.1. The average molecular weight is 417 g/mol. The van der Waals surface area contributed by atoms with Crippen LogP contribution in [-0.4, -0.2) is 33.9 Å². The first-order valence-electron chi connectivity index (χ1n) is 8.62. The summed E-state index contributed by atoms with van der Waals surface area (Å²) >= 11 is 7.76. The molecule has 0 unspecified atom stereocenters. The zero-order chi connectivity index (χ0) is 19.5. The van der Waals surface area contributed by atoms with Crippen LogP contribution in [0.5, 0.6) is 11.5 Å². The first kappa shape index (κ1) is 18.6. The number of aryl methyl sites for hydroxylation is 1. The molecule has 0 aliphatic carbocycles. The minimum absolute atomic E-state index is 0.272. The van der Waals surface area contributed by atoms with Gasteiger partial charge in [-0.05, 0) is 48.2 Å². The van der Waals surface area contributed by atoms with Crippen LogP contribution < -0.4 is 14.8 Å². The molecule has 3 aromatic rings. The Labute approximate surface area is 171 Å². The highest BCUT2D eigenvalue weighted by Crippen LogP contribution is 2.38. The Hall–Kier alpha value is -2.71. The predicted molar refractivity (Wildman–Crippen MR) is 107 cm³/mol. The number of nitrogens with one attached hydrogen (secondary N) is 1. The van der Waals surface area contributed by atoms with Crippen molar-refractivity contribution >= 4 is 35.0 Å². The molecule has 0 radical (unpaired) electrons. The van der Waals surface area contributed by atoms with Gasteiger partial charge in [-0.3, -0.25) is 4.79 Å². The molecule has 28 heavy (non-hydrogen) atoms.